The monoisotopic (exact) mass is 411 g/mol. The number of nitrogens with zero attached hydrogens (tertiary/aromatic N) is 3. The van der Waals surface area contributed by atoms with Crippen molar-refractivity contribution in [3.8, 4) is 5.75 Å². The fraction of sp³-hybridized carbons (Fsp3) is 0.381. The summed E-state index contributed by atoms with van der Waals surface area (Å²) in [6.45, 7) is 0.510. The van der Waals surface area contributed by atoms with Crippen molar-refractivity contribution in [2.75, 3.05) is 13.7 Å². The van der Waals surface area contributed by atoms with Crippen molar-refractivity contribution < 1.29 is 28.5 Å². The highest BCUT2D eigenvalue weighted by Gasteiger charge is 2.53. The van der Waals surface area contributed by atoms with Gasteiger partial charge >= 0.3 is 5.97 Å². The van der Waals surface area contributed by atoms with Crippen LogP contribution in [0, 0.1) is 0 Å². The summed E-state index contributed by atoms with van der Waals surface area (Å²) in [5.74, 6) is 0.211. The molecule has 9 nitrogen and oxygen atoms in total. The molecule has 2 saturated heterocycles. The quantitative estimate of drug-likeness (QED) is 0.299. The molecule has 2 aliphatic rings. The third-order valence-corrected chi connectivity index (χ3v) is 5.08. The smallest absolute Gasteiger partial charge is 0.338 e. The second-order valence-electron chi connectivity index (χ2n) is 6.93. The first-order valence-electron chi connectivity index (χ1n) is 9.51. The highest BCUT2D eigenvalue weighted by atomic mass is 16.7. The third kappa shape index (κ3) is 4.24. The van der Waals surface area contributed by atoms with Gasteiger partial charge in [0.1, 0.15) is 30.1 Å². The van der Waals surface area contributed by atoms with Gasteiger partial charge in [0, 0.05) is 4.91 Å². The van der Waals surface area contributed by atoms with Gasteiger partial charge in [-0.3, -0.25) is 0 Å². The molecule has 0 aromatic heterocycles. The van der Waals surface area contributed by atoms with E-state index in [0.717, 1.165) is 11.3 Å². The van der Waals surface area contributed by atoms with Gasteiger partial charge in [-0.2, -0.15) is 0 Å². The van der Waals surface area contributed by atoms with E-state index in [-0.39, 0.29) is 13.2 Å². The average Bonchev–Trinajstić information content (AvgIpc) is 3.22. The van der Waals surface area contributed by atoms with Crippen LogP contribution in [0.4, 0.5) is 0 Å². The van der Waals surface area contributed by atoms with Crippen LogP contribution in [-0.2, 0) is 25.6 Å². The summed E-state index contributed by atoms with van der Waals surface area (Å²) in [6.07, 6.45) is -2.72. The third-order valence-electron chi connectivity index (χ3n) is 5.08. The van der Waals surface area contributed by atoms with Gasteiger partial charge in [0.15, 0.2) is 6.29 Å². The number of carbonyl (C=O) groups is 1. The molecule has 5 atom stereocenters. The Bertz CT molecular complexity index is 916. The largest absolute Gasteiger partial charge is 0.497 e. The van der Waals surface area contributed by atoms with Crippen LogP contribution in [0.1, 0.15) is 15.9 Å². The summed E-state index contributed by atoms with van der Waals surface area (Å²) in [4.78, 5) is 15.6. The normalized spacial score (nSPS) is 27.2. The number of carbonyl (C=O) groups excluding carboxylic acids is 1. The molecule has 2 aliphatic heterocycles. The maximum absolute atomic E-state index is 12.7. The van der Waals surface area contributed by atoms with E-state index in [2.05, 4.69) is 10.0 Å². The minimum absolute atomic E-state index is 0.252. The van der Waals surface area contributed by atoms with E-state index in [0.29, 0.717) is 5.56 Å². The Morgan fingerprint density at radius 2 is 1.93 bits per heavy atom. The number of fused-ring (bicyclic) bond motifs is 2. The van der Waals surface area contributed by atoms with E-state index in [4.69, 9.17) is 29.2 Å². The van der Waals surface area contributed by atoms with Gasteiger partial charge in [0.05, 0.1) is 25.9 Å². The predicted molar refractivity (Wildman–Crippen MR) is 105 cm³/mol. The Balaban J connectivity index is 1.54. The fourth-order valence-corrected chi connectivity index (χ4v) is 3.55. The molecular formula is C21H21N3O6. The van der Waals surface area contributed by atoms with Crippen LogP contribution in [0.3, 0.4) is 0 Å². The van der Waals surface area contributed by atoms with Crippen molar-refractivity contribution in [1.82, 2.24) is 0 Å². The first kappa shape index (κ1) is 20.2. The molecule has 0 radical (unpaired) electrons. The van der Waals surface area contributed by atoms with E-state index in [1.807, 2.05) is 30.3 Å². The topological polar surface area (TPSA) is 112 Å². The Morgan fingerprint density at radius 1 is 1.17 bits per heavy atom. The highest BCUT2D eigenvalue weighted by Crippen LogP contribution is 2.34. The number of hydrogen-bond acceptors (Lipinski definition) is 7. The molecule has 9 heteroatoms. The van der Waals surface area contributed by atoms with Crippen LogP contribution in [0.5, 0.6) is 5.75 Å². The van der Waals surface area contributed by atoms with Crippen molar-refractivity contribution in [1.29, 1.82) is 0 Å². The Hall–Kier alpha value is -3.10. The lowest BCUT2D eigenvalue weighted by Gasteiger charge is -2.38. The van der Waals surface area contributed by atoms with Crippen LogP contribution in [0.2, 0.25) is 0 Å². The van der Waals surface area contributed by atoms with Crippen LogP contribution >= 0.6 is 0 Å². The molecule has 0 saturated carbocycles. The molecule has 2 bridgehead atoms. The van der Waals surface area contributed by atoms with Crippen molar-refractivity contribution in [2.24, 2.45) is 5.11 Å². The Labute approximate surface area is 173 Å². The number of rotatable bonds is 7. The molecule has 4 rings (SSSR count). The maximum Gasteiger partial charge on any atom is 0.338 e. The standard InChI is InChI=1S/C21H21N3O6/c1-26-15-9-7-13(8-10-15)11-27-18-16-12-28-21(29-16)17(23-24-22)19(18)30-20(25)14-5-3-2-4-6-14/h2-10,16-19,21H,11-12H2,1H3/t16-,17-,18-,19-,21-/m1/s1. The molecule has 2 fully saturated rings. The van der Waals surface area contributed by atoms with E-state index in [1.54, 1.807) is 31.4 Å². The van der Waals surface area contributed by atoms with Gasteiger partial charge in [-0.1, -0.05) is 35.4 Å². The van der Waals surface area contributed by atoms with Gasteiger partial charge in [-0.05, 0) is 35.4 Å². The van der Waals surface area contributed by atoms with Crippen LogP contribution in [0.25, 0.3) is 10.4 Å². The Kier molecular flexibility index (Phi) is 6.15. The molecule has 2 heterocycles. The van der Waals surface area contributed by atoms with Crippen LogP contribution in [0.15, 0.2) is 59.7 Å². The van der Waals surface area contributed by atoms with Crippen molar-refractivity contribution in [3.63, 3.8) is 0 Å². The zero-order valence-corrected chi connectivity index (χ0v) is 16.3. The molecule has 30 heavy (non-hydrogen) atoms. The number of methoxy groups -OCH3 is 1. The average molecular weight is 411 g/mol. The minimum atomic E-state index is -0.859. The molecule has 2 aromatic carbocycles. The number of hydrogen-bond donors (Lipinski definition) is 0. The zero-order valence-electron chi connectivity index (χ0n) is 16.3. The van der Waals surface area contributed by atoms with Crippen LogP contribution < -0.4 is 4.74 Å². The molecule has 156 valence electrons. The number of azide groups is 1. The second-order valence-corrected chi connectivity index (χ2v) is 6.93. The lowest BCUT2D eigenvalue weighted by atomic mass is 9.98. The summed E-state index contributed by atoms with van der Waals surface area (Å²) in [6, 6.07) is 15.2. The maximum atomic E-state index is 12.7. The van der Waals surface area contributed by atoms with Gasteiger partial charge < -0.3 is 23.7 Å². The first-order valence-corrected chi connectivity index (χ1v) is 9.51. The highest BCUT2D eigenvalue weighted by molar-refractivity contribution is 5.89. The molecular weight excluding hydrogens is 390 g/mol. The SMILES string of the molecule is COc1ccc(CO[C@H]2[C@H](OC(=O)c3ccccc3)[C@@H](N=[N+]=[N-])[C@@H]3OC[C@H]2O3)cc1. The summed E-state index contributed by atoms with van der Waals surface area (Å²) in [5.41, 5.74) is 10.3. The minimum Gasteiger partial charge on any atom is -0.497 e. The van der Waals surface area contributed by atoms with E-state index in [9.17, 15) is 4.79 Å². The van der Waals surface area contributed by atoms with E-state index >= 15 is 0 Å². The molecule has 2 aromatic rings. The molecule has 0 unspecified atom stereocenters. The van der Waals surface area contributed by atoms with Crippen molar-refractivity contribution in [2.45, 2.75) is 37.3 Å². The summed E-state index contributed by atoms with van der Waals surface area (Å²) in [5, 5.41) is 3.78. The number of esters is 1. The van der Waals surface area contributed by atoms with Gasteiger partial charge in [-0.25, -0.2) is 4.79 Å². The lowest BCUT2D eigenvalue weighted by molar-refractivity contribution is -0.196. The van der Waals surface area contributed by atoms with Crippen molar-refractivity contribution in [3.05, 3.63) is 76.2 Å². The van der Waals surface area contributed by atoms with Crippen molar-refractivity contribution >= 4 is 5.97 Å². The van der Waals surface area contributed by atoms with E-state index in [1.165, 1.54) is 0 Å². The number of ether oxygens (including phenoxy) is 5. The molecule has 0 amide bonds. The molecule has 0 N–H and O–H groups in total. The zero-order chi connectivity index (χ0) is 20.9. The first-order chi connectivity index (χ1) is 14.7. The molecule has 0 spiro atoms. The van der Waals surface area contributed by atoms with Gasteiger partial charge in [0.25, 0.3) is 0 Å². The van der Waals surface area contributed by atoms with Gasteiger partial charge in [-0.15, -0.1) is 0 Å². The second kappa shape index (κ2) is 9.15. The summed E-state index contributed by atoms with van der Waals surface area (Å²) in [7, 11) is 1.60. The summed E-state index contributed by atoms with van der Waals surface area (Å²) < 4.78 is 28.4. The lowest BCUT2D eigenvalue weighted by Crippen LogP contribution is -2.55. The fourth-order valence-electron chi connectivity index (χ4n) is 3.55. The predicted octanol–water partition coefficient (Wildman–Crippen LogP) is 3.24. The Morgan fingerprint density at radius 3 is 2.63 bits per heavy atom. The van der Waals surface area contributed by atoms with E-state index < -0.39 is 36.6 Å². The molecule has 0 aliphatic carbocycles. The van der Waals surface area contributed by atoms with Crippen LogP contribution in [-0.4, -0.2) is 50.3 Å². The van der Waals surface area contributed by atoms with Gasteiger partial charge in [0.2, 0.25) is 0 Å². The number of benzene rings is 2. The summed E-state index contributed by atoms with van der Waals surface area (Å²) >= 11 is 0.